The lowest BCUT2D eigenvalue weighted by molar-refractivity contribution is 0.0859. The second-order valence-corrected chi connectivity index (χ2v) is 6.60. The third kappa shape index (κ3) is 6.88. The molecule has 0 amide bonds. The summed E-state index contributed by atoms with van der Waals surface area (Å²) in [6.07, 6.45) is 2.90. The highest BCUT2D eigenvalue weighted by molar-refractivity contribution is 7.33. The summed E-state index contributed by atoms with van der Waals surface area (Å²) in [7, 11) is -1.19. The van der Waals surface area contributed by atoms with E-state index in [0.29, 0.717) is 6.61 Å². The first-order valence-corrected chi connectivity index (χ1v) is 7.33. The van der Waals surface area contributed by atoms with E-state index >= 15 is 0 Å². The van der Waals surface area contributed by atoms with Crippen molar-refractivity contribution in [2.45, 2.75) is 25.5 Å². The van der Waals surface area contributed by atoms with E-state index in [2.05, 4.69) is 13.5 Å². The number of halogens is 2. The monoisotopic (exact) mass is 211 g/mol. The second-order valence-electron chi connectivity index (χ2n) is 2.20. The molecule has 0 saturated heterocycles. The molecule has 0 spiro atoms. The van der Waals surface area contributed by atoms with Crippen molar-refractivity contribution >= 4 is 29.6 Å². The smallest absolute Gasteiger partial charge is 0.276 e. The van der Waals surface area contributed by atoms with Gasteiger partial charge in [0, 0.05) is 0 Å². The quantitative estimate of drug-likeness (QED) is 0.373. The van der Waals surface area contributed by atoms with Crippen molar-refractivity contribution in [3.05, 3.63) is 12.7 Å². The molecule has 0 aliphatic heterocycles. The fourth-order valence-corrected chi connectivity index (χ4v) is 2.48. The van der Waals surface area contributed by atoms with Crippen LogP contribution in [-0.4, -0.2) is 20.1 Å². The van der Waals surface area contributed by atoms with Crippen molar-refractivity contribution in [2.75, 3.05) is 6.61 Å². The van der Waals surface area contributed by atoms with Crippen LogP contribution in [0.15, 0.2) is 12.7 Å². The molecule has 0 aliphatic carbocycles. The summed E-state index contributed by atoms with van der Waals surface area (Å²) in [5.41, 5.74) is 0. The summed E-state index contributed by atoms with van der Waals surface area (Å²) in [5, 5.41) is 0. The fourth-order valence-electron chi connectivity index (χ4n) is 0.697. The van der Waals surface area contributed by atoms with Crippen molar-refractivity contribution in [3.8, 4) is 0 Å². The zero-order valence-corrected chi connectivity index (χ0v) is 9.16. The molecule has 0 fully saturated rings. The van der Waals surface area contributed by atoms with Crippen LogP contribution in [0.4, 0.5) is 0 Å². The Morgan fingerprint density at radius 2 is 2.27 bits per heavy atom. The largest absolute Gasteiger partial charge is 0.374 e. The van der Waals surface area contributed by atoms with Gasteiger partial charge in [-0.3, -0.25) is 0 Å². The molecular formula is C7H13Cl2OSi. The van der Waals surface area contributed by atoms with Gasteiger partial charge >= 0.3 is 0 Å². The molecule has 0 aliphatic rings. The molecule has 0 saturated carbocycles. The third-order valence-electron chi connectivity index (χ3n) is 1.29. The Morgan fingerprint density at radius 3 is 2.64 bits per heavy atom. The summed E-state index contributed by atoms with van der Waals surface area (Å²) < 4.78 is 5.39. The SMILES string of the molecule is C=CCOC(CC)C[Si](Cl)Cl. The van der Waals surface area contributed by atoms with Gasteiger partial charge in [0.05, 0.1) is 12.7 Å². The molecule has 0 heterocycles. The van der Waals surface area contributed by atoms with Crippen LogP contribution in [0.5, 0.6) is 0 Å². The van der Waals surface area contributed by atoms with Crippen LogP contribution in [0.25, 0.3) is 0 Å². The number of rotatable bonds is 6. The Bertz CT molecular complexity index is 109. The molecule has 0 bridgehead atoms. The first kappa shape index (κ1) is 11.5. The van der Waals surface area contributed by atoms with Gasteiger partial charge in [0.15, 0.2) is 0 Å². The highest BCUT2D eigenvalue weighted by Gasteiger charge is 2.12. The van der Waals surface area contributed by atoms with Gasteiger partial charge < -0.3 is 4.74 Å². The van der Waals surface area contributed by atoms with Gasteiger partial charge in [-0.1, -0.05) is 13.0 Å². The van der Waals surface area contributed by atoms with E-state index in [1.54, 1.807) is 6.08 Å². The van der Waals surface area contributed by atoms with E-state index in [-0.39, 0.29) is 6.10 Å². The predicted molar refractivity (Wildman–Crippen MR) is 52.5 cm³/mol. The molecule has 0 rings (SSSR count). The molecule has 0 N–H and O–H groups in total. The summed E-state index contributed by atoms with van der Waals surface area (Å²) in [5.74, 6) is 0. The molecular weight excluding hydrogens is 199 g/mol. The maximum atomic E-state index is 5.69. The molecule has 4 heteroatoms. The van der Waals surface area contributed by atoms with Crippen molar-refractivity contribution in [2.24, 2.45) is 0 Å². The summed E-state index contributed by atoms with van der Waals surface area (Å²) in [6, 6.07) is 0.790. The first-order chi connectivity index (χ1) is 5.20. The summed E-state index contributed by atoms with van der Waals surface area (Å²) in [6.45, 7) is 6.21. The molecule has 1 unspecified atom stereocenters. The minimum absolute atomic E-state index is 0.205. The Balaban J connectivity index is 3.48. The predicted octanol–water partition coefficient (Wildman–Crippen LogP) is 2.93. The van der Waals surface area contributed by atoms with Crippen molar-refractivity contribution in [3.63, 3.8) is 0 Å². The minimum atomic E-state index is -1.19. The average molecular weight is 212 g/mol. The van der Waals surface area contributed by atoms with E-state index < -0.39 is 7.42 Å². The highest BCUT2D eigenvalue weighted by atomic mass is 35.7. The highest BCUT2D eigenvalue weighted by Crippen LogP contribution is 2.12. The Labute approximate surface area is 79.3 Å². The Kier molecular flexibility index (Phi) is 7.49. The Hall–Kier alpha value is 0.497. The molecule has 0 aromatic carbocycles. The van der Waals surface area contributed by atoms with Gasteiger partial charge in [-0.25, -0.2) is 0 Å². The van der Waals surface area contributed by atoms with Crippen molar-refractivity contribution in [1.82, 2.24) is 0 Å². The van der Waals surface area contributed by atoms with Crippen LogP contribution in [0.3, 0.4) is 0 Å². The molecule has 0 aromatic heterocycles. The number of hydrogen-bond donors (Lipinski definition) is 0. The normalized spacial score (nSPS) is 13.5. The lowest BCUT2D eigenvalue weighted by Gasteiger charge is -2.13. The maximum Gasteiger partial charge on any atom is 0.276 e. The van der Waals surface area contributed by atoms with Crippen molar-refractivity contribution < 1.29 is 4.74 Å². The van der Waals surface area contributed by atoms with E-state index in [9.17, 15) is 0 Å². The van der Waals surface area contributed by atoms with Crippen LogP contribution in [0.2, 0.25) is 6.04 Å². The molecule has 0 aromatic rings. The minimum Gasteiger partial charge on any atom is -0.374 e. The molecule has 1 atom stereocenters. The number of ether oxygens (including phenoxy) is 1. The fraction of sp³-hybridized carbons (Fsp3) is 0.714. The van der Waals surface area contributed by atoms with Gasteiger partial charge in [-0.2, -0.15) is 0 Å². The molecule has 11 heavy (non-hydrogen) atoms. The van der Waals surface area contributed by atoms with Gasteiger partial charge in [-0.05, 0) is 12.5 Å². The van der Waals surface area contributed by atoms with Gasteiger partial charge in [0.25, 0.3) is 7.42 Å². The molecule has 1 radical (unpaired) electrons. The second kappa shape index (κ2) is 7.16. The third-order valence-corrected chi connectivity index (χ3v) is 2.98. The first-order valence-electron chi connectivity index (χ1n) is 3.60. The van der Waals surface area contributed by atoms with Gasteiger partial charge in [0.1, 0.15) is 0 Å². The van der Waals surface area contributed by atoms with E-state index in [4.69, 9.17) is 26.9 Å². The standard InChI is InChI=1S/C7H13Cl2OSi/c1-3-5-10-7(4-2)6-11(8)9/h3,7H,1,4-6H2,2H3. The Morgan fingerprint density at radius 1 is 1.64 bits per heavy atom. The average Bonchev–Trinajstić information content (AvgIpc) is 1.97. The zero-order valence-electron chi connectivity index (χ0n) is 6.65. The maximum absolute atomic E-state index is 5.69. The van der Waals surface area contributed by atoms with Crippen LogP contribution >= 0.6 is 22.2 Å². The topological polar surface area (TPSA) is 9.23 Å². The van der Waals surface area contributed by atoms with E-state index in [1.807, 2.05) is 0 Å². The lowest BCUT2D eigenvalue weighted by atomic mass is 10.3. The van der Waals surface area contributed by atoms with Gasteiger partial charge in [0.2, 0.25) is 0 Å². The summed E-state index contributed by atoms with van der Waals surface area (Å²) in [4.78, 5) is 0. The van der Waals surface area contributed by atoms with Gasteiger partial charge in [-0.15, -0.1) is 28.7 Å². The van der Waals surface area contributed by atoms with Crippen LogP contribution < -0.4 is 0 Å². The zero-order chi connectivity index (χ0) is 8.69. The van der Waals surface area contributed by atoms with E-state index in [1.165, 1.54) is 0 Å². The summed E-state index contributed by atoms with van der Waals surface area (Å²) >= 11 is 11.4. The molecule has 65 valence electrons. The molecule has 1 nitrogen and oxygen atoms in total. The number of hydrogen-bond acceptors (Lipinski definition) is 1. The van der Waals surface area contributed by atoms with Crippen LogP contribution in [0.1, 0.15) is 13.3 Å². The lowest BCUT2D eigenvalue weighted by Crippen LogP contribution is -2.15. The van der Waals surface area contributed by atoms with E-state index in [0.717, 1.165) is 12.5 Å². The van der Waals surface area contributed by atoms with Crippen LogP contribution in [0, 0.1) is 0 Å². The van der Waals surface area contributed by atoms with Crippen molar-refractivity contribution in [1.29, 1.82) is 0 Å². The van der Waals surface area contributed by atoms with Crippen LogP contribution in [-0.2, 0) is 4.74 Å².